The van der Waals surface area contributed by atoms with Crippen molar-refractivity contribution in [2.24, 2.45) is 0 Å². The molecule has 0 saturated carbocycles. The van der Waals surface area contributed by atoms with Crippen LogP contribution in [0.5, 0.6) is 5.75 Å². The summed E-state index contributed by atoms with van der Waals surface area (Å²) in [5, 5.41) is 7.23. The Morgan fingerprint density at radius 1 is 1.38 bits per heavy atom. The standard InChI is InChI=1S/C16H18ClNOS2/c1-10-8-14(11-6-7-20-16(11)21-10)18-9-12-13(17)4-3-5-15(12)19-2/h3-7,10,14,18H,8-9H2,1-2H3/t10-,14?/m0/s1. The van der Waals surface area contributed by atoms with Crippen LogP contribution in [0, 0.1) is 0 Å². The molecule has 1 N–H and O–H groups in total. The summed E-state index contributed by atoms with van der Waals surface area (Å²) >= 11 is 10.1. The van der Waals surface area contributed by atoms with E-state index in [0.717, 1.165) is 29.3 Å². The molecule has 0 fully saturated rings. The lowest BCUT2D eigenvalue weighted by atomic mass is 10.0. The second-order valence-corrected chi connectivity index (χ2v) is 8.21. The van der Waals surface area contributed by atoms with E-state index in [1.54, 1.807) is 7.11 Å². The van der Waals surface area contributed by atoms with Crippen molar-refractivity contribution in [3.8, 4) is 5.75 Å². The summed E-state index contributed by atoms with van der Waals surface area (Å²) in [5.41, 5.74) is 2.46. The molecule has 3 rings (SSSR count). The fourth-order valence-corrected chi connectivity index (χ4v) is 5.47. The van der Waals surface area contributed by atoms with E-state index in [1.807, 2.05) is 41.3 Å². The molecule has 1 aromatic heterocycles. The van der Waals surface area contributed by atoms with Gasteiger partial charge in [0.05, 0.1) is 11.3 Å². The Labute approximate surface area is 138 Å². The monoisotopic (exact) mass is 339 g/mol. The molecule has 1 unspecified atom stereocenters. The Bertz CT molecular complexity index is 628. The molecule has 1 aromatic carbocycles. The summed E-state index contributed by atoms with van der Waals surface area (Å²) in [6.07, 6.45) is 1.14. The van der Waals surface area contributed by atoms with E-state index in [-0.39, 0.29) is 0 Å². The van der Waals surface area contributed by atoms with Crippen LogP contribution in [0.15, 0.2) is 33.9 Å². The first-order valence-electron chi connectivity index (χ1n) is 6.98. The first-order valence-corrected chi connectivity index (χ1v) is 9.11. The number of thioether (sulfide) groups is 1. The zero-order chi connectivity index (χ0) is 14.8. The lowest BCUT2D eigenvalue weighted by Gasteiger charge is -2.28. The van der Waals surface area contributed by atoms with E-state index in [9.17, 15) is 0 Å². The predicted molar refractivity (Wildman–Crippen MR) is 91.8 cm³/mol. The van der Waals surface area contributed by atoms with Gasteiger partial charge in [-0.1, -0.05) is 24.6 Å². The maximum atomic E-state index is 6.31. The molecule has 0 saturated heterocycles. The first-order chi connectivity index (χ1) is 10.2. The maximum Gasteiger partial charge on any atom is 0.124 e. The largest absolute Gasteiger partial charge is 0.496 e. The number of thiophene rings is 1. The number of hydrogen-bond donors (Lipinski definition) is 1. The summed E-state index contributed by atoms with van der Waals surface area (Å²) in [6.45, 7) is 3.01. The highest BCUT2D eigenvalue weighted by Gasteiger charge is 2.26. The number of fused-ring (bicyclic) bond motifs is 1. The second-order valence-electron chi connectivity index (χ2n) is 5.18. The average molecular weight is 340 g/mol. The van der Waals surface area contributed by atoms with Gasteiger partial charge in [0.1, 0.15) is 5.75 Å². The minimum Gasteiger partial charge on any atom is -0.496 e. The van der Waals surface area contributed by atoms with Crippen LogP contribution in [0.1, 0.15) is 30.5 Å². The number of ether oxygens (including phenoxy) is 1. The lowest BCUT2D eigenvalue weighted by molar-refractivity contribution is 0.403. The number of nitrogens with one attached hydrogen (secondary N) is 1. The van der Waals surface area contributed by atoms with E-state index in [0.29, 0.717) is 11.3 Å². The van der Waals surface area contributed by atoms with Crippen LogP contribution < -0.4 is 10.1 Å². The number of rotatable bonds is 4. The molecule has 0 amide bonds. The van der Waals surface area contributed by atoms with Gasteiger partial charge in [-0.25, -0.2) is 0 Å². The molecule has 5 heteroatoms. The van der Waals surface area contributed by atoms with Crippen LogP contribution in [-0.2, 0) is 6.54 Å². The Kier molecular flexibility index (Phi) is 4.79. The van der Waals surface area contributed by atoms with Crippen molar-refractivity contribution in [3.63, 3.8) is 0 Å². The smallest absolute Gasteiger partial charge is 0.124 e. The number of hydrogen-bond acceptors (Lipinski definition) is 4. The molecule has 2 atom stereocenters. The van der Waals surface area contributed by atoms with Crippen LogP contribution >= 0.6 is 34.7 Å². The van der Waals surface area contributed by atoms with Crippen LogP contribution in [0.4, 0.5) is 0 Å². The van der Waals surface area contributed by atoms with Gasteiger partial charge in [-0.3, -0.25) is 0 Å². The number of methoxy groups -OCH3 is 1. The zero-order valence-corrected chi connectivity index (χ0v) is 14.4. The normalized spacial score (nSPS) is 21.1. The predicted octanol–water partition coefficient (Wildman–Crippen LogP) is 5.13. The van der Waals surface area contributed by atoms with Gasteiger partial charge in [0, 0.05) is 28.4 Å². The van der Waals surface area contributed by atoms with Crippen molar-refractivity contribution in [2.75, 3.05) is 7.11 Å². The third-order valence-electron chi connectivity index (χ3n) is 3.73. The van der Waals surface area contributed by atoms with Crippen LogP contribution in [0.3, 0.4) is 0 Å². The van der Waals surface area contributed by atoms with Crippen molar-refractivity contribution >= 4 is 34.7 Å². The Morgan fingerprint density at radius 2 is 2.24 bits per heavy atom. The highest BCUT2D eigenvalue weighted by molar-refractivity contribution is 8.01. The van der Waals surface area contributed by atoms with E-state index in [4.69, 9.17) is 16.3 Å². The maximum absolute atomic E-state index is 6.31. The van der Waals surface area contributed by atoms with Crippen LogP contribution in [0.25, 0.3) is 0 Å². The molecule has 2 nitrogen and oxygen atoms in total. The summed E-state index contributed by atoms with van der Waals surface area (Å²) in [4.78, 5) is 0. The summed E-state index contributed by atoms with van der Waals surface area (Å²) < 4.78 is 6.86. The molecule has 2 heterocycles. The van der Waals surface area contributed by atoms with Gasteiger partial charge in [0.2, 0.25) is 0 Å². The van der Waals surface area contributed by atoms with Gasteiger partial charge in [0.15, 0.2) is 0 Å². The van der Waals surface area contributed by atoms with E-state index in [1.165, 1.54) is 9.77 Å². The van der Waals surface area contributed by atoms with Gasteiger partial charge in [-0.2, -0.15) is 0 Å². The molecule has 0 bridgehead atoms. The highest BCUT2D eigenvalue weighted by atomic mass is 35.5. The lowest BCUT2D eigenvalue weighted by Crippen LogP contribution is -2.26. The fraction of sp³-hybridized carbons (Fsp3) is 0.375. The molecule has 21 heavy (non-hydrogen) atoms. The van der Waals surface area contributed by atoms with E-state index >= 15 is 0 Å². The van der Waals surface area contributed by atoms with E-state index in [2.05, 4.69) is 23.7 Å². The molecule has 1 aliphatic heterocycles. The highest BCUT2D eigenvalue weighted by Crippen LogP contribution is 2.44. The number of halogens is 1. The number of benzene rings is 1. The summed E-state index contributed by atoms with van der Waals surface area (Å²) in [5.74, 6) is 0.846. The molecule has 1 aliphatic rings. The molecular formula is C16H18ClNOS2. The Balaban J connectivity index is 1.77. The minimum absolute atomic E-state index is 0.392. The van der Waals surface area contributed by atoms with Gasteiger partial charge in [-0.15, -0.1) is 23.1 Å². The summed E-state index contributed by atoms with van der Waals surface area (Å²) in [6, 6.07) is 8.42. The van der Waals surface area contributed by atoms with Crippen molar-refractivity contribution < 1.29 is 4.74 Å². The minimum atomic E-state index is 0.392. The third kappa shape index (κ3) is 3.24. The molecular weight excluding hydrogens is 322 g/mol. The Hall–Kier alpha value is -0.680. The zero-order valence-electron chi connectivity index (χ0n) is 12.1. The van der Waals surface area contributed by atoms with Crippen LogP contribution in [-0.4, -0.2) is 12.4 Å². The van der Waals surface area contributed by atoms with Gasteiger partial charge < -0.3 is 10.1 Å². The first kappa shape index (κ1) is 15.2. The van der Waals surface area contributed by atoms with Gasteiger partial charge in [-0.05, 0) is 35.6 Å². The topological polar surface area (TPSA) is 21.3 Å². The van der Waals surface area contributed by atoms with Crippen molar-refractivity contribution in [1.82, 2.24) is 5.32 Å². The average Bonchev–Trinajstić information content (AvgIpc) is 2.93. The Morgan fingerprint density at radius 3 is 3.05 bits per heavy atom. The van der Waals surface area contributed by atoms with Gasteiger partial charge >= 0.3 is 0 Å². The molecule has 112 valence electrons. The van der Waals surface area contributed by atoms with Crippen LogP contribution in [0.2, 0.25) is 5.02 Å². The second kappa shape index (κ2) is 6.61. The fourth-order valence-electron chi connectivity index (χ4n) is 2.67. The van der Waals surface area contributed by atoms with Crippen molar-refractivity contribution in [2.45, 2.75) is 35.4 Å². The molecule has 2 aromatic rings. The molecule has 0 aliphatic carbocycles. The van der Waals surface area contributed by atoms with E-state index < -0.39 is 0 Å². The van der Waals surface area contributed by atoms with Gasteiger partial charge in [0.25, 0.3) is 0 Å². The summed E-state index contributed by atoms with van der Waals surface area (Å²) in [7, 11) is 1.69. The molecule has 0 spiro atoms. The van der Waals surface area contributed by atoms with Crippen molar-refractivity contribution in [1.29, 1.82) is 0 Å². The van der Waals surface area contributed by atoms with Crippen molar-refractivity contribution in [3.05, 3.63) is 45.8 Å². The third-order valence-corrected chi connectivity index (χ3v) is 6.43. The quantitative estimate of drug-likeness (QED) is 0.834. The molecule has 0 radical (unpaired) electrons. The SMILES string of the molecule is COc1cccc(Cl)c1CNC1C[C@H](C)Sc2sccc21.